The van der Waals surface area contributed by atoms with E-state index >= 15 is 0 Å². The van der Waals surface area contributed by atoms with E-state index in [0.717, 1.165) is 12.0 Å². The van der Waals surface area contributed by atoms with E-state index in [1.165, 1.54) is 5.56 Å². The highest BCUT2D eigenvalue weighted by Crippen LogP contribution is 2.31. The number of benzene rings is 2. The number of hydrogen-bond donors (Lipinski definition) is 1. The second kappa shape index (κ2) is 6.68. The number of nitrogens with zero attached hydrogens (tertiary/aromatic N) is 2. The lowest BCUT2D eigenvalue weighted by Crippen LogP contribution is -1.90. The number of phenols is 1. The summed E-state index contributed by atoms with van der Waals surface area (Å²) in [7, 11) is 0. The Kier molecular flexibility index (Phi) is 4.25. The van der Waals surface area contributed by atoms with Crippen LogP contribution in [0.15, 0.2) is 72.9 Å². The van der Waals surface area contributed by atoms with Crippen molar-refractivity contribution < 1.29 is 5.11 Å². The fourth-order valence-electron chi connectivity index (χ4n) is 2.35. The van der Waals surface area contributed by atoms with Crippen molar-refractivity contribution in [1.29, 1.82) is 0 Å². The predicted molar refractivity (Wildman–Crippen MR) is 88.3 cm³/mol. The summed E-state index contributed by atoms with van der Waals surface area (Å²) in [6.07, 6.45) is 6.56. The van der Waals surface area contributed by atoms with E-state index in [0.29, 0.717) is 11.3 Å². The van der Waals surface area contributed by atoms with Crippen LogP contribution in [-0.4, -0.2) is 15.3 Å². The standard InChI is InChI=1S/C19H16N2O/c22-18-13-5-11-16(19(18)17-12-6-14-20-21-17)10-4-9-15-7-2-1-3-8-15/h1-8,10-14,22H,9H2. The van der Waals surface area contributed by atoms with Gasteiger partial charge in [0.25, 0.3) is 0 Å². The maximum Gasteiger partial charge on any atom is 0.125 e. The van der Waals surface area contributed by atoms with Gasteiger partial charge >= 0.3 is 0 Å². The zero-order valence-electron chi connectivity index (χ0n) is 12.1. The van der Waals surface area contributed by atoms with Crippen molar-refractivity contribution in [3.05, 3.63) is 84.1 Å². The van der Waals surface area contributed by atoms with Crippen molar-refractivity contribution in [3.8, 4) is 17.0 Å². The molecule has 0 unspecified atom stereocenters. The molecule has 3 rings (SSSR count). The molecular formula is C19H16N2O. The van der Waals surface area contributed by atoms with Gasteiger partial charge in [-0.25, -0.2) is 0 Å². The van der Waals surface area contributed by atoms with Crippen LogP contribution in [0.2, 0.25) is 0 Å². The minimum Gasteiger partial charge on any atom is -0.507 e. The van der Waals surface area contributed by atoms with Gasteiger partial charge < -0.3 is 5.11 Å². The van der Waals surface area contributed by atoms with Gasteiger partial charge in [-0.15, -0.1) is 0 Å². The molecule has 0 fully saturated rings. The molecule has 0 saturated carbocycles. The summed E-state index contributed by atoms with van der Waals surface area (Å²) in [5.74, 6) is 0.211. The first-order valence-corrected chi connectivity index (χ1v) is 7.15. The normalized spacial score (nSPS) is 10.9. The van der Waals surface area contributed by atoms with Gasteiger partial charge in [0.2, 0.25) is 0 Å². The highest BCUT2D eigenvalue weighted by molar-refractivity contribution is 5.77. The average Bonchev–Trinajstić information content (AvgIpc) is 2.57. The van der Waals surface area contributed by atoms with Crippen LogP contribution in [0.25, 0.3) is 17.3 Å². The highest BCUT2D eigenvalue weighted by atomic mass is 16.3. The van der Waals surface area contributed by atoms with Gasteiger partial charge in [0.05, 0.1) is 11.3 Å². The predicted octanol–water partition coefficient (Wildman–Crippen LogP) is 4.11. The third-order valence-corrected chi connectivity index (χ3v) is 3.40. The maximum atomic E-state index is 10.2. The molecule has 0 bridgehead atoms. The van der Waals surface area contributed by atoms with E-state index in [-0.39, 0.29) is 5.75 Å². The van der Waals surface area contributed by atoms with Crippen LogP contribution in [0.3, 0.4) is 0 Å². The first kappa shape index (κ1) is 14.0. The van der Waals surface area contributed by atoms with Crippen LogP contribution in [0.4, 0.5) is 0 Å². The van der Waals surface area contributed by atoms with Gasteiger partial charge in [-0.05, 0) is 35.7 Å². The molecule has 2 aromatic carbocycles. The van der Waals surface area contributed by atoms with Crippen molar-refractivity contribution in [3.63, 3.8) is 0 Å². The molecule has 3 nitrogen and oxygen atoms in total. The Morgan fingerprint density at radius 3 is 2.55 bits per heavy atom. The number of aromatic hydroxyl groups is 1. The summed E-state index contributed by atoms with van der Waals surface area (Å²) in [5.41, 5.74) is 3.55. The molecular weight excluding hydrogens is 272 g/mol. The van der Waals surface area contributed by atoms with Crippen molar-refractivity contribution >= 4 is 6.08 Å². The molecule has 1 aromatic heterocycles. The zero-order chi connectivity index (χ0) is 15.2. The van der Waals surface area contributed by atoms with E-state index < -0.39 is 0 Å². The number of rotatable bonds is 4. The monoisotopic (exact) mass is 288 g/mol. The van der Waals surface area contributed by atoms with Crippen molar-refractivity contribution in [1.82, 2.24) is 10.2 Å². The topological polar surface area (TPSA) is 46.0 Å². The van der Waals surface area contributed by atoms with Crippen LogP contribution in [0.1, 0.15) is 11.1 Å². The van der Waals surface area contributed by atoms with Gasteiger partial charge in [-0.2, -0.15) is 10.2 Å². The molecule has 0 aliphatic heterocycles. The molecule has 1 N–H and O–H groups in total. The third-order valence-electron chi connectivity index (χ3n) is 3.40. The molecule has 0 amide bonds. The van der Waals surface area contributed by atoms with Gasteiger partial charge in [0, 0.05) is 6.20 Å². The first-order valence-electron chi connectivity index (χ1n) is 7.15. The summed E-state index contributed by atoms with van der Waals surface area (Å²) in [6.45, 7) is 0. The SMILES string of the molecule is Oc1cccc(C=CCc2ccccc2)c1-c1cccnn1. The molecule has 0 aliphatic rings. The van der Waals surface area contributed by atoms with Crippen molar-refractivity contribution in [2.75, 3.05) is 0 Å². The van der Waals surface area contributed by atoms with E-state index in [9.17, 15) is 5.11 Å². The minimum absolute atomic E-state index is 0.211. The summed E-state index contributed by atoms with van der Waals surface area (Å²) >= 11 is 0. The van der Waals surface area contributed by atoms with Crippen LogP contribution in [0, 0.1) is 0 Å². The largest absolute Gasteiger partial charge is 0.507 e. The molecule has 0 spiro atoms. The lowest BCUT2D eigenvalue weighted by Gasteiger charge is -2.07. The molecule has 22 heavy (non-hydrogen) atoms. The Morgan fingerprint density at radius 1 is 0.909 bits per heavy atom. The molecule has 0 atom stereocenters. The maximum absolute atomic E-state index is 10.2. The Morgan fingerprint density at radius 2 is 1.77 bits per heavy atom. The number of aromatic nitrogens is 2. The summed E-state index contributed by atoms with van der Waals surface area (Å²) in [6, 6.07) is 19.4. The van der Waals surface area contributed by atoms with E-state index in [1.54, 1.807) is 12.3 Å². The second-order valence-electron chi connectivity index (χ2n) is 4.94. The van der Waals surface area contributed by atoms with Crippen LogP contribution in [0.5, 0.6) is 5.75 Å². The Balaban J connectivity index is 1.90. The van der Waals surface area contributed by atoms with Gasteiger partial charge in [0.1, 0.15) is 5.75 Å². The lowest BCUT2D eigenvalue weighted by molar-refractivity contribution is 0.477. The van der Waals surface area contributed by atoms with Crippen LogP contribution < -0.4 is 0 Å². The molecule has 3 aromatic rings. The number of phenolic OH excluding ortho intramolecular Hbond substituents is 1. The minimum atomic E-state index is 0.211. The van der Waals surface area contributed by atoms with E-state index in [2.05, 4.69) is 28.4 Å². The fourth-order valence-corrected chi connectivity index (χ4v) is 2.35. The number of hydrogen-bond acceptors (Lipinski definition) is 3. The van der Waals surface area contributed by atoms with Gasteiger partial charge in [-0.3, -0.25) is 0 Å². The molecule has 1 heterocycles. The lowest BCUT2D eigenvalue weighted by atomic mass is 10.0. The quantitative estimate of drug-likeness (QED) is 0.786. The summed E-state index contributed by atoms with van der Waals surface area (Å²) in [5, 5.41) is 18.1. The second-order valence-corrected chi connectivity index (χ2v) is 4.94. The average molecular weight is 288 g/mol. The highest BCUT2D eigenvalue weighted by Gasteiger charge is 2.09. The first-order chi connectivity index (χ1) is 10.8. The van der Waals surface area contributed by atoms with Crippen LogP contribution in [-0.2, 0) is 6.42 Å². The van der Waals surface area contributed by atoms with Crippen molar-refractivity contribution in [2.24, 2.45) is 0 Å². The molecule has 0 radical (unpaired) electrons. The summed E-state index contributed by atoms with van der Waals surface area (Å²) < 4.78 is 0. The Labute approximate surface area is 129 Å². The van der Waals surface area contributed by atoms with Gasteiger partial charge in [-0.1, -0.05) is 54.6 Å². The molecule has 3 heteroatoms. The molecule has 108 valence electrons. The fraction of sp³-hybridized carbons (Fsp3) is 0.0526. The smallest absolute Gasteiger partial charge is 0.125 e. The summed E-state index contributed by atoms with van der Waals surface area (Å²) in [4.78, 5) is 0. The van der Waals surface area contributed by atoms with Crippen molar-refractivity contribution in [2.45, 2.75) is 6.42 Å². The van der Waals surface area contributed by atoms with E-state index in [1.807, 2.05) is 48.5 Å². The molecule has 0 aliphatic carbocycles. The Hall–Kier alpha value is -2.94. The van der Waals surface area contributed by atoms with Gasteiger partial charge in [0.15, 0.2) is 0 Å². The molecule has 0 saturated heterocycles. The van der Waals surface area contributed by atoms with Crippen LogP contribution >= 0.6 is 0 Å². The Bertz CT molecular complexity index is 768. The zero-order valence-corrected chi connectivity index (χ0v) is 12.1. The number of allylic oxidation sites excluding steroid dienone is 1. The third kappa shape index (κ3) is 3.20. The van der Waals surface area contributed by atoms with E-state index in [4.69, 9.17) is 0 Å².